The van der Waals surface area contributed by atoms with Gasteiger partial charge in [0, 0.05) is 17.0 Å². The molecule has 29 heavy (non-hydrogen) atoms. The van der Waals surface area contributed by atoms with Gasteiger partial charge in [-0.05, 0) is 36.4 Å². The average Bonchev–Trinajstić information content (AvgIpc) is 3.50. The highest BCUT2D eigenvalue weighted by Gasteiger charge is 2.27. The van der Waals surface area contributed by atoms with E-state index in [-0.39, 0.29) is 4.88 Å². The lowest BCUT2D eigenvalue weighted by Gasteiger charge is -2.10. The Kier molecular flexibility index (Phi) is 5.26. The summed E-state index contributed by atoms with van der Waals surface area (Å²) in [5.74, 6) is -1.28. The molecule has 1 saturated carbocycles. The van der Waals surface area contributed by atoms with E-state index in [1.165, 1.54) is 7.11 Å². The molecule has 3 aromatic rings. The number of rotatable bonds is 6. The molecule has 1 aromatic carbocycles. The quantitative estimate of drug-likeness (QED) is 0.622. The molecule has 2 heterocycles. The predicted molar refractivity (Wildman–Crippen MR) is 108 cm³/mol. The van der Waals surface area contributed by atoms with Gasteiger partial charge in [-0.15, -0.1) is 11.3 Å². The largest absolute Gasteiger partial charge is 0.465 e. The van der Waals surface area contributed by atoms with Crippen molar-refractivity contribution in [3.63, 3.8) is 0 Å². The summed E-state index contributed by atoms with van der Waals surface area (Å²) in [5, 5.41) is 4.92. The van der Waals surface area contributed by atoms with Crippen LogP contribution in [0.25, 0.3) is 10.9 Å². The zero-order valence-corrected chi connectivity index (χ0v) is 16.5. The Morgan fingerprint density at radius 3 is 2.72 bits per heavy atom. The lowest BCUT2D eigenvalue weighted by atomic mass is 10.1. The maximum atomic E-state index is 12.7. The number of carbonyl (C=O) groups excluding carboxylic acids is 3. The van der Waals surface area contributed by atoms with Crippen LogP contribution in [0.15, 0.2) is 41.8 Å². The number of carbonyl (C=O) groups is 3. The number of fused-ring (bicyclic) bond motifs is 1. The van der Waals surface area contributed by atoms with Gasteiger partial charge in [0.15, 0.2) is 6.61 Å². The molecule has 8 heteroatoms. The number of amides is 1. The molecule has 2 aromatic heterocycles. The number of para-hydroxylation sites is 1. The van der Waals surface area contributed by atoms with Gasteiger partial charge in [-0.2, -0.15) is 0 Å². The van der Waals surface area contributed by atoms with Gasteiger partial charge in [-0.1, -0.05) is 18.2 Å². The second kappa shape index (κ2) is 8.00. The molecule has 0 radical (unpaired) electrons. The van der Waals surface area contributed by atoms with Gasteiger partial charge in [-0.25, -0.2) is 9.59 Å². The third-order valence-corrected chi connectivity index (χ3v) is 5.49. The van der Waals surface area contributed by atoms with Crippen LogP contribution in [-0.4, -0.2) is 36.5 Å². The molecule has 1 fully saturated rings. The van der Waals surface area contributed by atoms with Crippen LogP contribution in [0.2, 0.25) is 0 Å². The summed E-state index contributed by atoms with van der Waals surface area (Å²) in [7, 11) is 1.27. The summed E-state index contributed by atoms with van der Waals surface area (Å²) in [6.07, 6.45) is 2.12. The van der Waals surface area contributed by atoms with Gasteiger partial charge in [0.25, 0.3) is 5.91 Å². The zero-order valence-electron chi connectivity index (χ0n) is 15.6. The minimum atomic E-state index is -0.584. The Hall–Kier alpha value is -3.26. The fourth-order valence-corrected chi connectivity index (χ4v) is 3.77. The number of anilines is 1. The van der Waals surface area contributed by atoms with Crippen molar-refractivity contribution in [1.82, 2.24) is 4.98 Å². The molecule has 0 atom stereocenters. The first-order valence-electron chi connectivity index (χ1n) is 9.09. The van der Waals surface area contributed by atoms with E-state index in [1.54, 1.807) is 17.5 Å². The van der Waals surface area contributed by atoms with Crippen LogP contribution < -0.4 is 5.32 Å². The first kappa shape index (κ1) is 19.1. The lowest BCUT2D eigenvalue weighted by molar-refractivity contribution is -0.119. The van der Waals surface area contributed by atoms with Gasteiger partial charge in [0.1, 0.15) is 4.88 Å². The highest BCUT2D eigenvalue weighted by Crippen LogP contribution is 2.40. The number of hydrogen-bond acceptors (Lipinski definition) is 7. The van der Waals surface area contributed by atoms with Crippen LogP contribution in [0.4, 0.5) is 5.69 Å². The number of thiophene rings is 1. The third kappa shape index (κ3) is 4.12. The molecule has 1 aliphatic carbocycles. The molecule has 0 aliphatic heterocycles. The summed E-state index contributed by atoms with van der Waals surface area (Å²) in [6.45, 7) is -0.468. The second-order valence-electron chi connectivity index (χ2n) is 6.67. The molecule has 4 rings (SSSR count). The predicted octanol–water partition coefficient (Wildman–Crippen LogP) is 3.76. The van der Waals surface area contributed by atoms with Crippen LogP contribution in [-0.2, 0) is 14.3 Å². The molecule has 1 aliphatic rings. The molecular formula is C21H18N2O5S. The number of benzene rings is 1. The Labute approximate surface area is 170 Å². The van der Waals surface area contributed by atoms with Crippen molar-refractivity contribution in [2.75, 3.05) is 19.0 Å². The average molecular weight is 410 g/mol. The lowest BCUT2D eigenvalue weighted by Crippen LogP contribution is -2.22. The topological polar surface area (TPSA) is 94.6 Å². The smallest absolute Gasteiger partial charge is 0.350 e. The van der Waals surface area contributed by atoms with E-state index in [9.17, 15) is 14.4 Å². The van der Waals surface area contributed by atoms with Gasteiger partial charge < -0.3 is 14.8 Å². The highest BCUT2D eigenvalue weighted by molar-refractivity contribution is 7.12. The summed E-state index contributed by atoms with van der Waals surface area (Å²) >= 11 is 1.15. The molecular weight excluding hydrogens is 392 g/mol. The summed E-state index contributed by atoms with van der Waals surface area (Å²) in [4.78, 5) is 41.5. The van der Waals surface area contributed by atoms with Crippen LogP contribution in [0.1, 0.15) is 44.5 Å². The molecule has 0 unspecified atom stereocenters. The molecule has 148 valence electrons. The maximum Gasteiger partial charge on any atom is 0.350 e. The van der Waals surface area contributed by atoms with Gasteiger partial charge in [0.05, 0.1) is 23.9 Å². The summed E-state index contributed by atoms with van der Waals surface area (Å²) in [6, 6.07) is 10.7. The molecule has 0 bridgehead atoms. The van der Waals surface area contributed by atoms with E-state index < -0.39 is 24.5 Å². The zero-order chi connectivity index (χ0) is 20.4. The minimum Gasteiger partial charge on any atom is -0.465 e. The van der Waals surface area contributed by atoms with Crippen molar-refractivity contribution >= 4 is 45.8 Å². The van der Waals surface area contributed by atoms with Gasteiger partial charge in [0.2, 0.25) is 0 Å². The van der Waals surface area contributed by atoms with E-state index in [0.717, 1.165) is 35.4 Å². The summed E-state index contributed by atoms with van der Waals surface area (Å²) < 4.78 is 9.92. The Bertz CT molecular complexity index is 1100. The normalized spacial score (nSPS) is 13.1. The van der Waals surface area contributed by atoms with Gasteiger partial charge >= 0.3 is 11.9 Å². The highest BCUT2D eigenvalue weighted by atomic mass is 32.1. The molecule has 1 amide bonds. The Morgan fingerprint density at radius 2 is 1.97 bits per heavy atom. The van der Waals surface area contributed by atoms with E-state index in [0.29, 0.717) is 22.6 Å². The molecule has 0 saturated heterocycles. The first-order valence-corrected chi connectivity index (χ1v) is 9.97. The van der Waals surface area contributed by atoms with Gasteiger partial charge in [-0.3, -0.25) is 9.78 Å². The first-order chi connectivity index (χ1) is 14.1. The molecule has 7 nitrogen and oxygen atoms in total. The number of ether oxygens (including phenoxy) is 2. The van der Waals surface area contributed by atoms with E-state index in [1.807, 2.05) is 24.3 Å². The van der Waals surface area contributed by atoms with Crippen LogP contribution in [0.3, 0.4) is 0 Å². The van der Waals surface area contributed by atoms with Crippen molar-refractivity contribution in [3.05, 3.63) is 57.9 Å². The van der Waals surface area contributed by atoms with Crippen molar-refractivity contribution in [2.45, 2.75) is 18.8 Å². The van der Waals surface area contributed by atoms with E-state index in [4.69, 9.17) is 4.74 Å². The summed E-state index contributed by atoms with van der Waals surface area (Å²) in [5.41, 5.74) is 2.33. The van der Waals surface area contributed by atoms with E-state index in [2.05, 4.69) is 15.0 Å². The monoisotopic (exact) mass is 410 g/mol. The van der Waals surface area contributed by atoms with Crippen molar-refractivity contribution in [1.29, 1.82) is 0 Å². The number of esters is 2. The molecule has 1 N–H and O–H groups in total. The third-order valence-electron chi connectivity index (χ3n) is 4.60. The number of methoxy groups -OCH3 is 1. The fourth-order valence-electron chi connectivity index (χ4n) is 3.01. The van der Waals surface area contributed by atoms with E-state index >= 15 is 0 Å². The number of pyridine rings is 1. The minimum absolute atomic E-state index is 0.279. The number of nitrogens with one attached hydrogen (secondary N) is 1. The number of nitrogens with zero attached hydrogens (tertiary/aromatic N) is 1. The molecule has 0 spiro atoms. The fraction of sp³-hybridized carbons (Fsp3) is 0.238. The number of aromatic nitrogens is 1. The Balaban J connectivity index is 1.47. The van der Waals surface area contributed by atoms with Crippen molar-refractivity contribution < 1.29 is 23.9 Å². The van der Waals surface area contributed by atoms with Crippen molar-refractivity contribution in [2.24, 2.45) is 0 Å². The maximum absolute atomic E-state index is 12.7. The van der Waals surface area contributed by atoms with Crippen LogP contribution in [0.5, 0.6) is 0 Å². The standard InChI is InChI=1S/C21H18N2O5S/c1-27-21(26)19-16(8-9-29-19)23-18(24)11-28-20(25)14-10-17(12-6-7-12)22-15-5-3-2-4-13(14)15/h2-5,8-10,12H,6-7,11H2,1H3,(H,23,24). The number of hydrogen-bond donors (Lipinski definition) is 1. The Morgan fingerprint density at radius 1 is 1.17 bits per heavy atom. The van der Waals surface area contributed by atoms with Crippen molar-refractivity contribution in [3.8, 4) is 0 Å². The second-order valence-corrected chi connectivity index (χ2v) is 7.58. The van der Waals surface area contributed by atoms with Crippen LogP contribution >= 0.6 is 11.3 Å². The SMILES string of the molecule is COC(=O)c1sccc1NC(=O)COC(=O)c1cc(C2CC2)nc2ccccc12. The van der Waals surface area contributed by atoms with Crippen LogP contribution in [0, 0.1) is 0 Å².